The second-order valence-electron chi connectivity index (χ2n) is 5.43. The molecule has 0 aliphatic carbocycles. The Morgan fingerprint density at radius 2 is 1.40 bits per heavy atom. The number of rotatable bonds is 4. The molecule has 2 aliphatic rings. The van der Waals surface area contributed by atoms with Gasteiger partial charge in [0.05, 0.1) is 5.56 Å². The van der Waals surface area contributed by atoms with Crippen molar-refractivity contribution in [3.05, 3.63) is 47.5 Å². The number of carbonyl (C=O) groups excluding carboxylic acids is 2. The molecule has 0 N–H and O–H groups in total. The molecule has 0 saturated heterocycles. The van der Waals surface area contributed by atoms with Crippen LogP contribution in [0.15, 0.2) is 36.4 Å². The van der Waals surface area contributed by atoms with Crippen LogP contribution < -0.4 is 18.9 Å². The third-order valence-electron chi connectivity index (χ3n) is 3.81. The maximum absolute atomic E-state index is 12.2. The highest BCUT2D eigenvalue weighted by Crippen LogP contribution is 2.33. The monoisotopic (exact) mass is 342 g/mol. The van der Waals surface area contributed by atoms with E-state index >= 15 is 0 Å². The lowest BCUT2D eigenvalue weighted by Gasteiger charge is -2.18. The Labute approximate surface area is 143 Å². The Bertz CT molecular complexity index is 843. The van der Waals surface area contributed by atoms with E-state index in [1.54, 1.807) is 30.3 Å². The van der Waals surface area contributed by atoms with Crippen LogP contribution in [0.1, 0.15) is 20.7 Å². The smallest absolute Gasteiger partial charge is 0.338 e. The number of ketones is 1. The summed E-state index contributed by atoms with van der Waals surface area (Å²) in [4.78, 5) is 24.3. The van der Waals surface area contributed by atoms with Crippen LogP contribution in [0.4, 0.5) is 0 Å². The molecular formula is C18H14O7. The van der Waals surface area contributed by atoms with E-state index in [4.69, 9.17) is 23.7 Å². The summed E-state index contributed by atoms with van der Waals surface area (Å²) in [5, 5.41) is 0. The Kier molecular flexibility index (Phi) is 3.89. The van der Waals surface area contributed by atoms with Crippen LogP contribution in [-0.4, -0.2) is 38.4 Å². The van der Waals surface area contributed by atoms with Gasteiger partial charge in [-0.15, -0.1) is 0 Å². The molecule has 0 bridgehead atoms. The third kappa shape index (κ3) is 3.08. The zero-order chi connectivity index (χ0) is 17.2. The summed E-state index contributed by atoms with van der Waals surface area (Å²) >= 11 is 0. The number of hydrogen-bond donors (Lipinski definition) is 0. The van der Waals surface area contributed by atoms with E-state index in [2.05, 4.69) is 0 Å². The summed E-state index contributed by atoms with van der Waals surface area (Å²) in [6.45, 7) is 0.667. The fourth-order valence-electron chi connectivity index (χ4n) is 2.54. The van der Waals surface area contributed by atoms with E-state index in [-0.39, 0.29) is 19.2 Å². The second kappa shape index (κ2) is 6.35. The largest absolute Gasteiger partial charge is 0.486 e. The topological polar surface area (TPSA) is 80.3 Å². The first kappa shape index (κ1) is 15.3. The van der Waals surface area contributed by atoms with Gasteiger partial charge < -0.3 is 23.7 Å². The van der Waals surface area contributed by atoms with Crippen LogP contribution in [0.25, 0.3) is 0 Å². The summed E-state index contributed by atoms with van der Waals surface area (Å²) < 4.78 is 26.3. The molecule has 0 aromatic heterocycles. The Balaban J connectivity index is 1.40. The van der Waals surface area contributed by atoms with Gasteiger partial charge in [0, 0.05) is 5.56 Å². The summed E-state index contributed by atoms with van der Waals surface area (Å²) in [5.41, 5.74) is 0.682. The van der Waals surface area contributed by atoms with Crippen molar-refractivity contribution in [1.29, 1.82) is 0 Å². The van der Waals surface area contributed by atoms with Crippen LogP contribution in [0.2, 0.25) is 0 Å². The van der Waals surface area contributed by atoms with Crippen LogP contribution in [-0.2, 0) is 4.74 Å². The first-order valence-corrected chi connectivity index (χ1v) is 7.70. The van der Waals surface area contributed by atoms with E-state index in [0.29, 0.717) is 47.3 Å². The summed E-state index contributed by atoms with van der Waals surface area (Å²) in [6.07, 6.45) is 0. The van der Waals surface area contributed by atoms with Gasteiger partial charge in [0.15, 0.2) is 35.4 Å². The van der Waals surface area contributed by atoms with Gasteiger partial charge in [0.25, 0.3) is 0 Å². The maximum Gasteiger partial charge on any atom is 0.338 e. The Morgan fingerprint density at radius 1 is 0.800 bits per heavy atom. The molecule has 0 radical (unpaired) electrons. The van der Waals surface area contributed by atoms with Crippen molar-refractivity contribution in [2.45, 2.75) is 0 Å². The SMILES string of the molecule is O=C(COC(=O)c1ccc2c(c1)OCO2)c1ccc2c(c1)OCCO2. The van der Waals surface area contributed by atoms with Crippen LogP contribution >= 0.6 is 0 Å². The molecule has 0 spiro atoms. The molecule has 0 saturated carbocycles. The summed E-state index contributed by atoms with van der Waals surface area (Å²) in [6, 6.07) is 9.59. The molecule has 2 aromatic carbocycles. The minimum Gasteiger partial charge on any atom is -0.486 e. The molecule has 2 aromatic rings. The summed E-state index contributed by atoms with van der Waals surface area (Å²) in [7, 11) is 0. The molecule has 0 fully saturated rings. The average molecular weight is 342 g/mol. The molecule has 7 heteroatoms. The minimum absolute atomic E-state index is 0.121. The number of benzene rings is 2. The van der Waals surface area contributed by atoms with Crippen LogP contribution in [0.3, 0.4) is 0 Å². The van der Waals surface area contributed by atoms with Gasteiger partial charge in [0.1, 0.15) is 13.2 Å². The molecule has 2 aliphatic heterocycles. The molecule has 0 amide bonds. The third-order valence-corrected chi connectivity index (χ3v) is 3.81. The highest BCUT2D eigenvalue weighted by Gasteiger charge is 2.19. The predicted molar refractivity (Wildman–Crippen MR) is 84.6 cm³/mol. The lowest BCUT2D eigenvalue weighted by Crippen LogP contribution is -2.17. The first-order valence-electron chi connectivity index (χ1n) is 7.70. The molecule has 0 unspecified atom stereocenters. The van der Waals surface area contributed by atoms with Crippen molar-refractivity contribution in [1.82, 2.24) is 0 Å². The van der Waals surface area contributed by atoms with Crippen molar-refractivity contribution in [2.75, 3.05) is 26.6 Å². The number of esters is 1. The van der Waals surface area contributed by atoms with Crippen molar-refractivity contribution in [2.24, 2.45) is 0 Å². The molecule has 0 atom stereocenters. The van der Waals surface area contributed by atoms with Crippen molar-refractivity contribution < 1.29 is 33.3 Å². The number of hydrogen-bond acceptors (Lipinski definition) is 7. The van der Waals surface area contributed by atoms with Crippen LogP contribution in [0, 0.1) is 0 Å². The fourth-order valence-corrected chi connectivity index (χ4v) is 2.54. The van der Waals surface area contributed by atoms with Gasteiger partial charge >= 0.3 is 5.97 Å². The average Bonchev–Trinajstić information content (AvgIpc) is 3.13. The number of carbonyl (C=O) groups is 2. The van der Waals surface area contributed by atoms with E-state index in [1.165, 1.54) is 6.07 Å². The lowest BCUT2D eigenvalue weighted by atomic mass is 10.1. The summed E-state index contributed by atoms with van der Waals surface area (Å²) in [5.74, 6) is 1.23. The van der Waals surface area contributed by atoms with E-state index < -0.39 is 5.97 Å². The van der Waals surface area contributed by atoms with E-state index in [9.17, 15) is 9.59 Å². The molecule has 2 heterocycles. The van der Waals surface area contributed by atoms with Gasteiger partial charge in [-0.05, 0) is 36.4 Å². The van der Waals surface area contributed by atoms with Gasteiger partial charge in [-0.1, -0.05) is 0 Å². The molecule has 128 valence electrons. The molecule has 7 nitrogen and oxygen atoms in total. The predicted octanol–water partition coefficient (Wildman–Crippen LogP) is 2.23. The zero-order valence-corrected chi connectivity index (χ0v) is 13.2. The van der Waals surface area contributed by atoms with Gasteiger partial charge in [-0.25, -0.2) is 4.79 Å². The fraction of sp³-hybridized carbons (Fsp3) is 0.222. The molecule has 4 rings (SSSR count). The standard InChI is InChI=1S/C18H14O7/c19-13(11-1-3-14-16(7-11)22-6-5-21-14)9-23-18(20)12-2-4-15-17(8-12)25-10-24-15/h1-4,7-8H,5-6,9-10H2. The van der Waals surface area contributed by atoms with E-state index in [1.807, 2.05) is 0 Å². The number of ether oxygens (including phenoxy) is 5. The lowest BCUT2D eigenvalue weighted by molar-refractivity contribution is 0.0474. The zero-order valence-electron chi connectivity index (χ0n) is 13.2. The maximum atomic E-state index is 12.2. The van der Waals surface area contributed by atoms with Gasteiger partial charge in [-0.3, -0.25) is 4.79 Å². The first-order chi connectivity index (χ1) is 12.2. The highest BCUT2D eigenvalue weighted by molar-refractivity contribution is 6.00. The van der Waals surface area contributed by atoms with Gasteiger partial charge in [-0.2, -0.15) is 0 Å². The normalized spacial score (nSPS) is 14.1. The molecular weight excluding hydrogens is 328 g/mol. The van der Waals surface area contributed by atoms with Crippen molar-refractivity contribution >= 4 is 11.8 Å². The highest BCUT2D eigenvalue weighted by atomic mass is 16.7. The minimum atomic E-state index is -0.607. The van der Waals surface area contributed by atoms with Crippen LogP contribution in [0.5, 0.6) is 23.0 Å². The number of fused-ring (bicyclic) bond motifs is 2. The molecule has 25 heavy (non-hydrogen) atoms. The van der Waals surface area contributed by atoms with Crippen molar-refractivity contribution in [3.63, 3.8) is 0 Å². The van der Waals surface area contributed by atoms with Crippen molar-refractivity contribution in [3.8, 4) is 23.0 Å². The van der Waals surface area contributed by atoms with E-state index in [0.717, 1.165) is 0 Å². The second-order valence-corrected chi connectivity index (χ2v) is 5.43. The van der Waals surface area contributed by atoms with Gasteiger partial charge in [0.2, 0.25) is 6.79 Å². The Morgan fingerprint density at radius 3 is 2.24 bits per heavy atom. The quantitative estimate of drug-likeness (QED) is 0.622. The Hall–Kier alpha value is -3.22. The number of Topliss-reactive ketones (excluding diaryl/α,β-unsaturated/α-hetero) is 1.